The first-order chi connectivity index (χ1) is 16.0. The summed E-state index contributed by atoms with van der Waals surface area (Å²) in [6.45, 7) is 3.30. The molecule has 4 atom stereocenters. The zero-order valence-corrected chi connectivity index (χ0v) is 18.0. The Morgan fingerprint density at radius 1 is 1.06 bits per heavy atom. The van der Waals surface area contributed by atoms with Crippen molar-refractivity contribution in [2.75, 3.05) is 13.2 Å². The van der Waals surface area contributed by atoms with Crippen LogP contribution in [0.5, 0.6) is 5.75 Å². The molecule has 9 nitrogen and oxygen atoms in total. The summed E-state index contributed by atoms with van der Waals surface area (Å²) in [5.41, 5.74) is 2.45. The second kappa shape index (κ2) is 7.65. The molecule has 0 bridgehead atoms. The Labute approximate surface area is 189 Å². The number of aryl methyl sites for hydroxylation is 1. The van der Waals surface area contributed by atoms with Crippen molar-refractivity contribution < 1.29 is 28.9 Å². The lowest BCUT2D eigenvalue weighted by Gasteiger charge is -2.18. The first kappa shape index (κ1) is 20.3. The molecule has 1 aromatic heterocycles. The molecule has 0 aliphatic carbocycles. The van der Waals surface area contributed by atoms with Crippen LogP contribution in [0.25, 0.3) is 11.0 Å². The van der Waals surface area contributed by atoms with E-state index >= 15 is 0 Å². The van der Waals surface area contributed by atoms with Crippen LogP contribution in [0.15, 0.2) is 42.5 Å². The number of aromatic nitrogens is 2. The number of carbonyl (C=O) groups is 2. The summed E-state index contributed by atoms with van der Waals surface area (Å²) in [5, 5.41) is 9.94. The molecule has 3 aliphatic rings. The maximum atomic E-state index is 12.8. The van der Waals surface area contributed by atoms with Crippen LogP contribution in [-0.4, -0.2) is 69.0 Å². The van der Waals surface area contributed by atoms with Crippen molar-refractivity contribution in [2.24, 2.45) is 0 Å². The van der Waals surface area contributed by atoms with Gasteiger partial charge >= 0.3 is 0 Å². The van der Waals surface area contributed by atoms with Crippen molar-refractivity contribution in [3.63, 3.8) is 0 Å². The highest BCUT2D eigenvalue weighted by molar-refractivity contribution is 6.21. The molecule has 9 heteroatoms. The highest BCUT2D eigenvalue weighted by Gasteiger charge is 2.48. The Morgan fingerprint density at radius 2 is 1.79 bits per heavy atom. The third-order valence-corrected chi connectivity index (χ3v) is 6.56. The molecule has 33 heavy (non-hydrogen) atoms. The Bertz CT molecular complexity index is 1240. The van der Waals surface area contributed by atoms with Crippen molar-refractivity contribution in [3.05, 3.63) is 59.4 Å². The number of carbonyl (C=O) groups excluding carboxylic acids is 2. The molecular weight excluding hydrogens is 426 g/mol. The number of imide groups is 1. The van der Waals surface area contributed by atoms with Gasteiger partial charge in [-0.2, -0.15) is 0 Å². The van der Waals surface area contributed by atoms with E-state index in [2.05, 4.69) is 0 Å². The Morgan fingerprint density at radius 3 is 2.52 bits per heavy atom. The predicted molar refractivity (Wildman–Crippen MR) is 116 cm³/mol. The lowest BCUT2D eigenvalue weighted by Crippen LogP contribution is -2.34. The fourth-order valence-electron chi connectivity index (χ4n) is 4.94. The smallest absolute Gasteiger partial charge is 0.261 e. The zero-order valence-electron chi connectivity index (χ0n) is 18.0. The highest BCUT2D eigenvalue weighted by Crippen LogP contribution is 2.32. The van der Waals surface area contributed by atoms with Crippen LogP contribution in [0.3, 0.4) is 0 Å². The molecule has 0 unspecified atom stereocenters. The molecule has 0 spiro atoms. The molecular formula is C24H23N3O6. The molecule has 0 radical (unpaired) electrons. The topological polar surface area (TPSA) is 103 Å². The summed E-state index contributed by atoms with van der Waals surface area (Å²) in [6.07, 6.45) is -1.58. The van der Waals surface area contributed by atoms with Crippen molar-refractivity contribution in [1.29, 1.82) is 0 Å². The number of aliphatic hydroxyl groups is 1. The van der Waals surface area contributed by atoms with Gasteiger partial charge in [-0.15, -0.1) is 0 Å². The minimum absolute atomic E-state index is 0.0943. The van der Waals surface area contributed by atoms with E-state index in [4.69, 9.17) is 19.2 Å². The van der Waals surface area contributed by atoms with E-state index in [1.165, 1.54) is 4.90 Å². The summed E-state index contributed by atoms with van der Waals surface area (Å²) < 4.78 is 19.4. The molecule has 2 amide bonds. The first-order valence-electron chi connectivity index (χ1n) is 11.1. The van der Waals surface area contributed by atoms with Crippen LogP contribution in [0, 0.1) is 0 Å². The van der Waals surface area contributed by atoms with Crippen molar-refractivity contribution in [3.8, 4) is 5.75 Å². The molecule has 2 saturated heterocycles. The van der Waals surface area contributed by atoms with Crippen LogP contribution < -0.4 is 4.74 Å². The van der Waals surface area contributed by atoms with E-state index < -0.39 is 6.10 Å². The third kappa shape index (κ3) is 3.15. The summed E-state index contributed by atoms with van der Waals surface area (Å²) in [7, 11) is 0. The molecule has 170 valence electrons. The SMILES string of the molecule is CCn1c(CN2C(=O)c3ccccc3C2=O)nc2ccc(O[C@@H]3CO[C@H]4[C@@H]3OC[C@H]4O)cc21. The van der Waals surface area contributed by atoms with Gasteiger partial charge in [-0.05, 0) is 31.2 Å². The number of nitrogens with zero attached hydrogens (tertiary/aromatic N) is 3. The van der Waals surface area contributed by atoms with Gasteiger partial charge in [0.2, 0.25) is 0 Å². The van der Waals surface area contributed by atoms with Gasteiger partial charge in [-0.1, -0.05) is 12.1 Å². The van der Waals surface area contributed by atoms with E-state index in [0.29, 0.717) is 35.9 Å². The number of aliphatic hydroxyl groups excluding tert-OH is 1. The Balaban J connectivity index is 1.27. The van der Waals surface area contributed by atoms with Gasteiger partial charge in [0.25, 0.3) is 11.8 Å². The molecule has 6 rings (SSSR count). The van der Waals surface area contributed by atoms with E-state index in [1.807, 2.05) is 29.7 Å². The van der Waals surface area contributed by atoms with Crippen LogP contribution >= 0.6 is 0 Å². The predicted octanol–water partition coefficient (Wildman–Crippen LogP) is 1.76. The van der Waals surface area contributed by atoms with Gasteiger partial charge in [0, 0.05) is 12.6 Å². The molecule has 0 saturated carbocycles. The lowest BCUT2D eigenvalue weighted by molar-refractivity contribution is 0.00864. The molecule has 3 aromatic rings. The third-order valence-electron chi connectivity index (χ3n) is 6.56. The maximum Gasteiger partial charge on any atom is 0.261 e. The molecule has 2 fully saturated rings. The van der Waals surface area contributed by atoms with Crippen LogP contribution in [0.2, 0.25) is 0 Å². The van der Waals surface area contributed by atoms with Gasteiger partial charge in [-0.25, -0.2) is 4.98 Å². The minimum Gasteiger partial charge on any atom is -0.485 e. The summed E-state index contributed by atoms with van der Waals surface area (Å²) >= 11 is 0. The fourth-order valence-corrected chi connectivity index (χ4v) is 4.94. The van der Waals surface area contributed by atoms with E-state index in [9.17, 15) is 14.7 Å². The number of rotatable bonds is 5. The monoisotopic (exact) mass is 449 g/mol. The average Bonchev–Trinajstić information content (AvgIpc) is 3.55. The number of hydrogen-bond acceptors (Lipinski definition) is 7. The number of benzene rings is 2. The molecule has 3 aliphatic heterocycles. The summed E-state index contributed by atoms with van der Waals surface area (Å²) in [4.78, 5) is 31.5. The zero-order chi connectivity index (χ0) is 22.7. The van der Waals surface area contributed by atoms with E-state index in [0.717, 1.165) is 11.0 Å². The Hall–Kier alpha value is -3.27. The van der Waals surface area contributed by atoms with Gasteiger partial charge in [-0.3, -0.25) is 14.5 Å². The standard InChI is InChI=1S/C24H23N3O6/c1-2-26-17-9-13(33-19-12-32-21-18(28)11-31-22(19)21)7-8-16(17)25-20(26)10-27-23(29)14-5-3-4-6-15(14)24(27)30/h3-9,18-19,21-22,28H,2,10-12H2,1H3/t18-,19-,21-,22-/m1/s1. The average molecular weight is 449 g/mol. The second-order valence-corrected chi connectivity index (χ2v) is 8.48. The first-order valence-corrected chi connectivity index (χ1v) is 11.1. The highest BCUT2D eigenvalue weighted by atomic mass is 16.6. The van der Waals surface area contributed by atoms with Crippen molar-refractivity contribution in [1.82, 2.24) is 14.5 Å². The summed E-state index contributed by atoms with van der Waals surface area (Å²) in [6, 6.07) is 12.5. The summed E-state index contributed by atoms with van der Waals surface area (Å²) in [5.74, 6) is 0.669. The number of fused-ring (bicyclic) bond motifs is 3. The van der Waals surface area contributed by atoms with Gasteiger partial charge < -0.3 is 23.9 Å². The van der Waals surface area contributed by atoms with Crippen LogP contribution in [0.4, 0.5) is 0 Å². The molecule has 1 N–H and O–H groups in total. The lowest BCUT2D eigenvalue weighted by atomic mass is 10.1. The number of amides is 2. The van der Waals surface area contributed by atoms with E-state index in [-0.39, 0.29) is 43.3 Å². The molecule has 4 heterocycles. The van der Waals surface area contributed by atoms with Crippen molar-refractivity contribution in [2.45, 2.75) is 44.4 Å². The van der Waals surface area contributed by atoms with Crippen LogP contribution in [0.1, 0.15) is 33.5 Å². The van der Waals surface area contributed by atoms with Crippen LogP contribution in [-0.2, 0) is 22.6 Å². The second-order valence-electron chi connectivity index (χ2n) is 8.48. The Kier molecular flexibility index (Phi) is 4.72. The van der Waals surface area contributed by atoms with Gasteiger partial charge in [0.05, 0.1) is 41.9 Å². The quantitative estimate of drug-likeness (QED) is 0.592. The van der Waals surface area contributed by atoms with Gasteiger partial charge in [0.15, 0.2) is 6.10 Å². The van der Waals surface area contributed by atoms with Gasteiger partial charge in [0.1, 0.15) is 29.9 Å². The number of hydrogen-bond donors (Lipinski definition) is 1. The van der Waals surface area contributed by atoms with E-state index in [1.54, 1.807) is 24.3 Å². The number of imidazole rings is 1. The largest absolute Gasteiger partial charge is 0.485 e. The normalized spacial score (nSPS) is 26.3. The minimum atomic E-state index is -0.627. The fraction of sp³-hybridized carbons (Fsp3) is 0.375. The molecule has 2 aromatic carbocycles. The maximum absolute atomic E-state index is 12.8. The number of ether oxygens (including phenoxy) is 3. The van der Waals surface area contributed by atoms with Crippen molar-refractivity contribution >= 4 is 22.8 Å².